The van der Waals surface area contributed by atoms with Crippen LogP contribution in [-0.4, -0.2) is 27.1 Å². The van der Waals surface area contributed by atoms with Gasteiger partial charge in [-0.25, -0.2) is 0 Å². The molecule has 0 atom stereocenters. The van der Waals surface area contributed by atoms with E-state index in [1.54, 1.807) is 0 Å². The molecule has 0 aromatic carbocycles. The molecule has 1 aromatic heterocycles. The summed E-state index contributed by atoms with van der Waals surface area (Å²) in [6.45, 7) is 3.48. The zero-order chi connectivity index (χ0) is 13.9. The van der Waals surface area contributed by atoms with Crippen molar-refractivity contribution in [2.45, 2.75) is 77.0 Å². The molecule has 2 aliphatic rings. The van der Waals surface area contributed by atoms with E-state index in [2.05, 4.69) is 22.0 Å². The third kappa shape index (κ3) is 3.20. The lowest BCUT2D eigenvalue weighted by atomic mass is 9.84. The Bertz CT molecular complexity index is 421. The Labute approximate surface area is 120 Å². The Kier molecular flexibility index (Phi) is 4.36. The topological polar surface area (TPSA) is 68.2 Å². The van der Waals surface area contributed by atoms with E-state index in [1.807, 2.05) is 0 Å². The summed E-state index contributed by atoms with van der Waals surface area (Å²) >= 11 is 0. The minimum Gasteiger partial charge on any atom is -0.338 e. The van der Waals surface area contributed by atoms with Gasteiger partial charge in [-0.05, 0) is 44.4 Å². The number of nitrogens with zero attached hydrogens (tertiary/aromatic N) is 3. The highest BCUT2D eigenvalue weighted by atomic mass is 16.5. The molecule has 1 heterocycles. The van der Waals surface area contributed by atoms with Crippen molar-refractivity contribution in [3.63, 3.8) is 0 Å². The molecule has 0 radical (unpaired) electrons. The Morgan fingerprint density at radius 1 is 1.15 bits per heavy atom. The van der Waals surface area contributed by atoms with Crippen molar-refractivity contribution in [2.75, 3.05) is 0 Å². The molecule has 0 amide bonds. The minimum atomic E-state index is 0.331. The predicted molar refractivity (Wildman–Crippen MR) is 76.8 cm³/mol. The highest BCUT2D eigenvalue weighted by molar-refractivity contribution is 4.95. The maximum Gasteiger partial charge on any atom is 0.240 e. The van der Waals surface area contributed by atoms with Crippen LogP contribution in [0.1, 0.15) is 63.6 Å². The molecular weight excluding hydrogens is 252 g/mol. The van der Waals surface area contributed by atoms with E-state index in [9.17, 15) is 0 Å². The lowest BCUT2D eigenvalue weighted by molar-refractivity contribution is 0.116. The van der Waals surface area contributed by atoms with Gasteiger partial charge in [0.15, 0.2) is 5.82 Å². The van der Waals surface area contributed by atoms with E-state index >= 15 is 0 Å². The first-order valence-electron chi connectivity index (χ1n) is 8.07. The van der Waals surface area contributed by atoms with Gasteiger partial charge in [0.05, 0.1) is 13.1 Å². The number of hydrogen-bond donors (Lipinski definition) is 1. The second-order valence-electron chi connectivity index (χ2n) is 6.29. The van der Waals surface area contributed by atoms with E-state index in [0.717, 1.165) is 24.3 Å². The first-order valence-corrected chi connectivity index (χ1v) is 8.07. The molecule has 2 aliphatic carbocycles. The van der Waals surface area contributed by atoms with Crippen molar-refractivity contribution in [1.82, 2.24) is 15.0 Å². The zero-order valence-electron chi connectivity index (χ0n) is 12.4. The smallest absolute Gasteiger partial charge is 0.240 e. The average Bonchev–Trinajstić information content (AvgIpc) is 3.24. The maximum atomic E-state index is 5.53. The van der Waals surface area contributed by atoms with Crippen LogP contribution in [-0.2, 0) is 13.1 Å². The standard InChI is InChI=1S/C15H26N4O/c1-2-11-3-5-12(6-4-11)19(13-7-8-13)10-14-17-15(9-16)20-18-14/h11-13H,2-10,16H2,1H3. The van der Waals surface area contributed by atoms with Crippen molar-refractivity contribution in [3.8, 4) is 0 Å². The van der Waals surface area contributed by atoms with Crippen LogP contribution >= 0.6 is 0 Å². The molecule has 2 N–H and O–H groups in total. The largest absolute Gasteiger partial charge is 0.338 e. The van der Waals surface area contributed by atoms with Crippen molar-refractivity contribution in [3.05, 3.63) is 11.7 Å². The second-order valence-corrected chi connectivity index (χ2v) is 6.29. The van der Waals surface area contributed by atoms with Crippen molar-refractivity contribution in [1.29, 1.82) is 0 Å². The molecule has 0 unspecified atom stereocenters. The molecular formula is C15H26N4O. The fourth-order valence-corrected chi connectivity index (χ4v) is 3.45. The Hall–Kier alpha value is -0.940. The average molecular weight is 278 g/mol. The number of nitrogens with two attached hydrogens (primary N) is 1. The molecule has 5 nitrogen and oxygen atoms in total. The normalized spacial score (nSPS) is 27.1. The van der Waals surface area contributed by atoms with Gasteiger partial charge in [0, 0.05) is 12.1 Å². The van der Waals surface area contributed by atoms with Crippen molar-refractivity contribution in [2.24, 2.45) is 11.7 Å². The quantitative estimate of drug-likeness (QED) is 0.865. The summed E-state index contributed by atoms with van der Waals surface area (Å²) in [5, 5.41) is 4.06. The summed E-state index contributed by atoms with van der Waals surface area (Å²) in [5.41, 5.74) is 5.53. The van der Waals surface area contributed by atoms with Crippen molar-refractivity contribution >= 4 is 0 Å². The highest BCUT2D eigenvalue weighted by Gasteiger charge is 2.36. The van der Waals surface area contributed by atoms with Gasteiger partial charge in [-0.3, -0.25) is 4.90 Å². The molecule has 112 valence electrons. The number of rotatable bonds is 6. The summed E-state index contributed by atoms with van der Waals surface area (Å²) in [6, 6.07) is 1.46. The minimum absolute atomic E-state index is 0.331. The van der Waals surface area contributed by atoms with E-state index in [0.29, 0.717) is 18.5 Å². The molecule has 0 aliphatic heterocycles. The molecule has 0 spiro atoms. The van der Waals surface area contributed by atoms with Gasteiger partial charge in [0.1, 0.15) is 0 Å². The molecule has 2 fully saturated rings. The fraction of sp³-hybridized carbons (Fsp3) is 0.867. The first-order chi connectivity index (χ1) is 9.80. The van der Waals surface area contributed by atoms with Gasteiger partial charge in [0.2, 0.25) is 5.89 Å². The van der Waals surface area contributed by atoms with Crippen molar-refractivity contribution < 1.29 is 4.52 Å². The monoisotopic (exact) mass is 278 g/mol. The number of aromatic nitrogens is 2. The maximum absolute atomic E-state index is 5.53. The van der Waals surface area contributed by atoms with Gasteiger partial charge in [-0.15, -0.1) is 0 Å². The first kappa shape index (κ1) is 14.0. The summed E-state index contributed by atoms with van der Waals surface area (Å²) in [6.07, 6.45) is 9.41. The summed E-state index contributed by atoms with van der Waals surface area (Å²) in [7, 11) is 0. The molecule has 20 heavy (non-hydrogen) atoms. The van der Waals surface area contributed by atoms with Crippen LogP contribution in [0.25, 0.3) is 0 Å². The molecule has 3 rings (SSSR count). The SMILES string of the molecule is CCC1CCC(N(Cc2noc(CN)n2)C2CC2)CC1. The molecule has 5 heteroatoms. The van der Waals surface area contributed by atoms with E-state index in [4.69, 9.17) is 10.3 Å². The molecule has 0 saturated heterocycles. The molecule has 2 saturated carbocycles. The van der Waals surface area contributed by atoms with Crippen LogP contribution in [0, 0.1) is 5.92 Å². The van der Waals surface area contributed by atoms with Gasteiger partial charge < -0.3 is 10.3 Å². The van der Waals surface area contributed by atoms with Gasteiger partial charge in [-0.1, -0.05) is 18.5 Å². The zero-order valence-corrected chi connectivity index (χ0v) is 12.4. The molecule has 1 aromatic rings. The van der Waals surface area contributed by atoms with E-state index < -0.39 is 0 Å². The Morgan fingerprint density at radius 2 is 1.80 bits per heavy atom. The third-order valence-electron chi connectivity index (χ3n) is 4.89. The van der Waals surface area contributed by atoms with Crippen LogP contribution in [0.4, 0.5) is 0 Å². The summed E-state index contributed by atoms with van der Waals surface area (Å²) in [4.78, 5) is 6.98. The van der Waals surface area contributed by atoms with Crippen LogP contribution in [0.2, 0.25) is 0 Å². The molecule has 0 bridgehead atoms. The van der Waals surface area contributed by atoms with Gasteiger partial charge >= 0.3 is 0 Å². The van der Waals surface area contributed by atoms with Crippen LogP contribution < -0.4 is 5.73 Å². The predicted octanol–water partition coefficient (Wildman–Crippen LogP) is 2.46. The van der Waals surface area contributed by atoms with Crippen LogP contribution in [0.3, 0.4) is 0 Å². The number of hydrogen-bond acceptors (Lipinski definition) is 5. The van der Waals surface area contributed by atoms with Gasteiger partial charge in [0.25, 0.3) is 0 Å². The summed E-state index contributed by atoms with van der Waals surface area (Å²) < 4.78 is 5.12. The fourth-order valence-electron chi connectivity index (χ4n) is 3.45. The van der Waals surface area contributed by atoms with E-state index in [1.165, 1.54) is 44.9 Å². The lowest BCUT2D eigenvalue weighted by Gasteiger charge is -2.36. The lowest BCUT2D eigenvalue weighted by Crippen LogP contribution is -2.39. The summed E-state index contributed by atoms with van der Waals surface area (Å²) in [5.74, 6) is 2.29. The van der Waals surface area contributed by atoms with Crippen LogP contribution in [0.15, 0.2) is 4.52 Å². The highest BCUT2D eigenvalue weighted by Crippen LogP contribution is 2.36. The van der Waals surface area contributed by atoms with Crippen LogP contribution in [0.5, 0.6) is 0 Å². The Balaban J connectivity index is 1.61. The Morgan fingerprint density at radius 3 is 2.30 bits per heavy atom. The van der Waals surface area contributed by atoms with E-state index in [-0.39, 0.29) is 0 Å². The third-order valence-corrected chi connectivity index (χ3v) is 4.89. The van der Waals surface area contributed by atoms with Gasteiger partial charge in [-0.2, -0.15) is 4.98 Å². The second kappa shape index (κ2) is 6.22.